The second kappa shape index (κ2) is 7.59. The van der Waals surface area contributed by atoms with E-state index in [4.69, 9.17) is 0 Å². The lowest BCUT2D eigenvalue weighted by Crippen LogP contribution is -2.46. The summed E-state index contributed by atoms with van der Waals surface area (Å²) in [6.07, 6.45) is 0.458. The Morgan fingerprint density at radius 1 is 1.21 bits per heavy atom. The topological polar surface area (TPSA) is 78.4 Å². The van der Waals surface area contributed by atoms with Gasteiger partial charge in [-0.1, -0.05) is 44.2 Å². The number of aliphatic hydroxyl groups excluding tert-OH is 1. The first kappa shape index (κ1) is 16.1. The molecule has 0 bridgehead atoms. The van der Waals surface area contributed by atoms with E-state index in [-0.39, 0.29) is 12.5 Å². The Hall–Kier alpha value is -0.950. The molecule has 19 heavy (non-hydrogen) atoms. The van der Waals surface area contributed by atoms with Crippen molar-refractivity contribution in [2.75, 3.05) is 13.2 Å². The van der Waals surface area contributed by atoms with Gasteiger partial charge in [-0.05, 0) is 17.9 Å². The van der Waals surface area contributed by atoms with Gasteiger partial charge in [-0.2, -0.15) is 13.1 Å². The van der Waals surface area contributed by atoms with E-state index in [2.05, 4.69) is 9.44 Å². The van der Waals surface area contributed by atoms with Crippen LogP contribution in [0.2, 0.25) is 0 Å². The van der Waals surface area contributed by atoms with Crippen LogP contribution < -0.4 is 9.44 Å². The van der Waals surface area contributed by atoms with E-state index >= 15 is 0 Å². The van der Waals surface area contributed by atoms with Crippen LogP contribution in [0.25, 0.3) is 0 Å². The van der Waals surface area contributed by atoms with Crippen molar-refractivity contribution in [1.29, 1.82) is 0 Å². The summed E-state index contributed by atoms with van der Waals surface area (Å²) in [5.41, 5.74) is 0.980. The van der Waals surface area contributed by atoms with Gasteiger partial charge in [0.05, 0.1) is 12.6 Å². The Balaban J connectivity index is 2.56. The van der Waals surface area contributed by atoms with Crippen LogP contribution in [-0.4, -0.2) is 32.7 Å². The summed E-state index contributed by atoms with van der Waals surface area (Å²) < 4.78 is 28.4. The lowest BCUT2D eigenvalue weighted by Gasteiger charge is -2.17. The third kappa shape index (κ3) is 6.68. The molecule has 5 nitrogen and oxygen atoms in total. The Morgan fingerprint density at radius 2 is 1.84 bits per heavy atom. The van der Waals surface area contributed by atoms with Gasteiger partial charge in [-0.15, -0.1) is 0 Å². The van der Waals surface area contributed by atoms with Gasteiger partial charge in [-0.25, -0.2) is 4.72 Å². The standard InChI is InChI=1S/C13H22N2O3S/c1-11(2)9-14-19(17,18)15-13(10-16)8-12-6-4-3-5-7-12/h3-7,11,13-16H,8-10H2,1-2H3. The fourth-order valence-corrected chi connectivity index (χ4v) is 2.81. The lowest BCUT2D eigenvalue weighted by molar-refractivity contribution is 0.255. The minimum atomic E-state index is -3.57. The first-order chi connectivity index (χ1) is 8.93. The van der Waals surface area contributed by atoms with E-state index in [0.29, 0.717) is 13.0 Å². The van der Waals surface area contributed by atoms with Crippen molar-refractivity contribution in [3.8, 4) is 0 Å². The molecule has 108 valence electrons. The predicted octanol–water partition coefficient (Wildman–Crippen LogP) is 0.670. The Bertz CT molecular complexity index is 460. The average Bonchev–Trinajstić information content (AvgIpc) is 2.37. The Kier molecular flexibility index (Phi) is 6.44. The molecule has 0 aliphatic carbocycles. The molecule has 1 atom stereocenters. The average molecular weight is 286 g/mol. The quantitative estimate of drug-likeness (QED) is 0.657. The van der Waals surface area contributed by atoms with Gasteiger partial charge >= 0.3 is 0 Å². The van der Waals surface area contributed by atoms with Gasteiger partial charge in [-0.3, -0.25) is 0 Å². The van der Waals surface area contributed by atoms with E-state index in [0.717, 1.165) is 5.56 Å². The van der Waals surface area contributed by atoms with Gasteiger partial charge in [0.1, 0.15) is 0 Å². The van der Waals surface area contributed by atoms with Gasteiger partial charge in [0, 0.05) is 6.54 Å². The SMILES string of the molecule is CC(C)CNS(=O)(=O)NC(CO)Cc1ccccc1. The van der Waals surface area contributed by atoms with Crippen molar-refractivity contribution >= 4 is 10.2 Å². The number of nitrogens with one attached hydrogen (secondary N) is 2. The summed E-state index contributed by atoms with van der Waals surface area (Å²) in [7, 11) is -3.57. The minimum Gasteiger partial charge on any atom is -0.395 e. The van der Waals surface area contributed by atoms with Crippen molar-refractivity contribution in [1.82, 2.24) is 9.44 Å². The van der Waals surface area contributed by atoms with E-state index in [9.17, 15) is 13.5 Å². The lowest BCUT2D eigenvalue weighted by atomic mass is 10.1. The fraction of sp³-hybridized carbons (Fsp3) is 0.538. The third-order valence-corrected chi connectivity index (χ3v) is 3.74. The maximum absolute atomic E-state index is 11.8. The van der Waals surface area contributed by atoms with Gasteiger partial charge in [0.25, 0.3) is 10.2 Å². The second-order valence-electron chi connectivity index (χ2n) is 4.93. The van der Waals surface area contributed by atoms with Crippen molar-refractivity contribution < 1.29 is 13.5 Å². The molecule has 3 N–H and O–H groups in total. The van der Waals surface area contributed by atoms with Crippen LogP contribution in [0.1, 0.15) is 19.4 Å². The largest absolute Gasteiger partial charge is 0.395 e. The van der Waals surface area contributed by atoms with Crippen molar-refractivity contribution in [2.24, 2.45) is 5.92 Å². The predicted molar refractivity (Wildman–Crippen MR) is 75.9 cm³/mol. The third-order valence-electron chi connectivity index (χ3n) is 2.55. The molecule has 1 rings (SSSR count). The molecule has 0 fully saturated rings. The molecular weight excluding hydrogens is 264 g/mol. The summed E-state index contributed by atoms with van der Waals surface area (Å²) >= 11 is 0. The van der Waals surface area contributed by atoms with Crippen LogP contribution in [0.4, 0.5) is 0 Å². The first-order valence-corrected chi connectivity index (χ1v) is 7.83. The fourth-order valence-electron chi connectivity index (χ4n) is 1.58. The van der Waals surface area contributed by atoms with Crippen molar-refractivity contribution in [2.45, 2.75) is 26.3 Å². The molecule has 6 heteroatoms. The second-order valence-corrected chi connectivity index (χ2v) is 6.46. The molecule has 0 aromatic heterocycles. The Morgan fingerprint density at radius 3 is 2.37 bits per heavy atom. The van der Waals surface area contributed by atoms with Gasteiger partial charge in [0.2, 0.25) is 0 Å². The normalized spacial score (nSPS) is 13.7. The van der Waals surface area contributed by atoms with E-state index in [1.165, 1.54) is 0 Å². The summed E-state index contributed by atoms with van der Waals surface area (Å²) in [5, 5.41) is 9.27. The maximum Gasteiger partial charge on any atom is 0.277 e. The molecule has 0 amide bonds. The molecule has 0 aliphatic heterocycles. The van der Waals surface area contributed by atoms with Crippen molar-refractivity contribution in [3.63, 3.8) is 0 Å². The molecule has 0 heterocycles. The zero-order valence-electron chi connectivity index (χ0n) is 11.3. The molecule has 0 saturated carbocycles. The van der Waals surface area contributed by atoms with Crippen LogP contribution in [0.15, 0.2) is 30.3 Å². The highest BCUT2D eigenvalue weighted by Gasteiger charge is 2.17. The highest BCUT2D eigenvalue weighted by atomic mass is 32.2. The van der Waals surface area contributed by atoms with Crippen LogP contribution in [0.5, 0.6) is 0 Å². The van der Waals surface area contributed by atoms with Gasteiger partial charge in [0.15, 0.2) is 0 Å². The zero-order chi connectivity index (χ0) is 14.3. The molecule has 1 aromatic carbocycles. The number of rotatable bonds is 8. The van der Waals surface area contributed by atoms with E-state index in [1.54, 1.807) is 0 Å². The highest BCUT2D eigenvalue weighted by Crippen LogP contribution is 2.03. The summed E-state index contributed by atoms with van der Waals surface area (Å²) in [5.74, 6) is 0.235. The van der Waals surface area contributed by atoms with E-state index < -0.39 is 16.3 Å². The molecular formula is C13H22N2O3S. The maximum atomic E-state index is 11.8. The monoisotopic (exact) mass is 286 g/mol. The van der Waals surface area contributed by atoms with Crippen molar-refractivity contribution in [3.05, 3.63) is 35.9 Å². The van der Waals surface area contributed by atoms with Crippen LogP contribution >= 0.6 is 0 Å². The molecule has 0 saturated heterocycles. The minimum absolute atomic E-state index is 0.235. The summed E-state index contributed by atoms with van der Waals surface area (Å²) in [6, 6.07) is 8.94. The molecule has 0 spiro atoms. The van der Waals surface area contributed by atoms with Crippen LogP contribution in [-0.2, 0) is 16.6 Å². The molecule has 0 aliphatic rings. The smallest absolute Gasteiger partial charge is 0.277 e. The van der Waals surface area contributed by atoms with Crippen LogP contribution in [0.3, 0.4) is 0 Å². The molecule has 1 aromatic rings. The van der Waals surface area contributed by atoms with Crippen LogP contribution in [0, 0.1) is 5.92 Å². The Labute approximate surface area is 115 Å². The zero-order valence-corrected chi connectivity index (χ0v) is 12.2. The summed E-state index contributed by atoms with van der Waals surface area (Å²) in [6.45, 7) is 3.99. The number of aliphatic hydroxyl groups is 1. The molecule has 0 radical (unpaired) electrons. The number of hydrogen-bond donors (Lipinski definition) is 3. The number of hydrogen-bond acceptors (Lipinski definition) is 3. The molecule has 1 unspecified atom stereocenters. The van der Waals surface area contributed by atoms with E-state index in [1.807, 2.05) is 44.2 Å². The number of benzene rings is 1. The summed E-state index contributed by atoms with van der Waals surface area (Å²) in [4.78, 5) is 0. The highest BCUT2D eigenvalue weighted by molar-refractivity contribution is 7.87. The first-order valence-electron chi connectivity index (χ1n) is 6.34. The van der Waals surface area contributed by atoms with Gasteiger partial charge < -0.3 is 5.11 Å².